The summed E-state index contributed by atoms with van der Waals surface area (Å²) in [4.78, 5) is 10.4. The Kier molecular flexibility index (Phi) is 1.04. The minimum absolute atomic E-state index is 0.354. The fourth-order valence-electron chi connectivity index (χ4n) is 0.345. The number of carbonyl (C=O) groups excluding carboxylic acids is 1. The van der Waals surface area contributed by atoms with Crippen LogP contribution in [0.2, 0.25) is 0 Å². The van der Waals surface area contributed by atoms with Crippen LogP contribution in [-0.2, 0) is 4.79 Å². The molecule has 0 atom stereocenters. The van der Waals surface area contributed by atoms with Gasteiger partial charge in [-0.3, -0.25) is 4.79 Å². The van der Waals surface area contributed by atoms with Gasteiger partial charge in [-0.1, -0.05) is 6.58 Å². The Hall–Kier alpha value is -1.25. The first-order chi connectivity index (χ1) is 3.80. The highest BCUT2D eigenvalue weighted by Crippen LogP contribution is 2.02. The third-order valence-corrected chi connectivity index (χ3v) is 0.766. The minimum atomic E-state index is -0.354. The summed E-state index contributed by atoms with van der Waals surface area (Å²) < 4.78 is 0. The first-order valence-electron chi connectivity index (χ1n) is 2.11. The van der Waals surface area contributed by atoms with E-state index in [-0.39, 0.29) is 5.91 Å². The highest BCUT2D eigenvalue weighted by atomic mass is 16.1. The number of azo groups is 1. The highest BCUT2D eigenvalue weighted by molar-refractivity contribution is 5.96. The van der Waals surface area contributed by atoms with E-state index < -0.39 is 0 Å². The van der Waals surface area contributed by atoms with Crippen LogP contribution in [0.3, 0.4) is 0 Å². The lowest BCUT2D eigenvalue weighted by Gasteiger charge is -1.91. The summed E-state index contributed by atoms with van der Waals surface area (Å²) in [6, 6.07) is 0. The van der Waals surface area contributed by atoms with Crippen LogP contribution in [0, 0.1) is 0 Å². The quantitative estimate of drug-likeness (QED) is 0.427. The molecule has 0 aromatic heterocycles. The van der Waals surface area contributed by atoms with Crippen LogP contribution in [0.4, 0.5) is 0 Å². The summed E-state index contributed by atoms with van der Waals surface area (Å²) in [5.41, 5.74) is 0.389. The van der Waals surface area contributed by atoms with E-state index >= 15 is 0 Å². The molecule has 0 aliphatic carbocycles. The van der Waals surface area contributed by atoms with Crippen LogP contribution >= 0.6 is 0 Å². The summed E-state index contributed by atoms with van der Waals surface area (Å²) in [6.45, 7) is 3.41. The van der Waals surface area contributed by atoms with Crippen molar-refractivity contribution in [2.45, 2.75) is 0 Å². The van der Waals surface area contributed by atoms with Gasteiger partial charge in [-0.25, -0.2) is 0 Å². The fraction of sp³-hybridized carbons (Fsp3) is 0. The van der Waals surface area contributed by atoms with Gasteiger partial charge in [-0.05, 0) is 6.08 Å². The second-order valence-electron chi connectivity index (χ2n) is 1.36. The van der Waals surface area contributed by atoms with Gasteiger partial charge in [-0.2, -0.15) is 5.11 Å². The second-order valence-corrected chi connectivity index (χ2v) is 1.36. The molecule has 1 aliphatic rings. The van der Waals surface area contributed by atoms with Gasteiger partial charge >= 0.3 is 0 Å². The number of hydrogen-bond acceptors (Lipinski definition) is 2. The largest absolute Gasteiger partial charge is 0.294 e. The summed E-state index contributed by atoms with van der Waals surface area (Å²) >= 11 is 0. The lowest BCUT2D eigenvalue weighted by atomic mass is 10.3. The number of amides is 1. The van der Waals surface area contributed by atoms with E-state index in [0.717, 1.165) is 0 Å². The van der Waals surface area contributed by atoms with Crippen molar-refractivity contribution in [3.63, 3.8) is 0 Å². The van der Waals surface area contributed by atoms with Crippen LogP contribution in [0.1, 0.15) is 0 Å². The molecule has 1 amide bonds. The molecular formula is C5H4N2O. The normalized spacial score (nSPS) is 17.5. The minimum Gasteiger partial charge on any atom is -0.265 e. The molecule has 1 heterocycles. The molecule has 0 N–H and O–H groups in total. The van der Waals surface area contributed by atoms with Crippen molar-refractivity contribution in [1.29, 1.82) is 0 Å². The van der Waals surface area contributed by atoms with E-state index in [1.165, 1.54) is 12.3 Å². The van der Waals surface area contributed by atoms with Crippen molar-refractivity contribution in [2.24, 2.45) is 10.2 Å². The lowest BCUT2D eigenvalue weighted by molar-refractivity contribution is -0.114. The first-order valence-corrected chi connectivity index (χ1v) is 2.11. The second kappa shape index (κ2) is 1.69. The molecule has 0 spiro atoms. The van der Waals surface area contributed by atoms with Crippen LogP contribution in [0.15, 0.2) is 34.7 Å². The zero-order chi connectivity index (χ0) is 5.98. The van der Waals surface area contributed by atoms with Gasteiger partial charge in [-0.15, -0.1) is 5.11 Å². The summed E-state index contributed by atoms with van der Waals surface area (Å²) in [5.74, 6) is -0.354. The van der Waals surface area contributed by atoms with Crippen molar-refractivity contribution in [2.75, 3.05) is 0 Å². The summed E-state index contributed by atoms with van der Waals surface area (Å²) in [7, 11) is 0. The van der Waals surface area contributed by atoms with Gasteiger partial charge < -0.3 is 0 Å². The van der Waals surface area contributed by atoms with E-state index in [0.29, 0.717) is 5.57 Å². The fourth-order valence-corrected chi connectivity index (χ4v) is 0.345. The average Bonchev–Trinajstić information content (AvgIpc) is 1.77. The van der Waals surface area contributed by atoms with E-state index in [1.54, 1.807) is 0 Å². The Morgan fingerprint density at radius 2 is 2.38 bits per heavy atom. The van der Waals surface area contributed by atoms with Crippen LogP contribution in [-0.4, -0.2) is 5.91 Å². The van der Waals surface area contributed by atoms with Crippen LogP contribution in [0.25, 0.3) is 0 Å². The standard InChI is InChI=1S/C5H4N2O/c1-4-2-3-6-7-5(4)8/h2-3H,1H2. The Labute approximate surface area is 46.4 Å². The Balaban J connectivity index is 2.89. The molecule has 0 radical (unpaired) electrons. The monoisotopic (exact) mass is 108 g/mol. The molecule has 0 aromatic carbocycles. The molecule has 0 fully saturated rings. The third kappa shape index (κ3) is 0.703. The maximum Gasteiger partial charge on any atom is 0.294 e. The van der Waals surface area contributed by atoms with Gasteiger partial charge in [0.05, 0.1) is 6.20 Å². The predicted molar refractivity (Wildman–Crippen MR) is 28.1 cm³/mol. The molecule has 8 heavy (non-hydrogen) atoms. The number of carbonyl (C=O) groups is 1. The zero-order valence-electron chi connectivity index (χ0n) is 4.16. The average molecular weight is 108 g/mol. The number of nitrogens with zero attached hydrogens (tertiary/aromatic N) is 2. The Bertz CT molecular complexity index is 169. The number of hydrogen-bond donors (Lipinski definition) is 0. The molecule has 0 unspecified atom stereocenters. The molecule has 0 saturated carbocycles. The van der Waals surface area contributed by atoms with E-state index in [4.69, 9.17) is 0 Å². The van der Waals surface area contributed by atoms with E-state index in [9.17, 15) is 4.79 Å². The molecule has 3 nitrogen and oxygen atoms in total. The molecule has 0 aromatic rings. The lowest BCUT2D eigenvalue weighted by Crippen LogP contribution is -1.94. The Morgan fingerprint density at radius 1 is 1.62 bits per heavy atom. The third-order valence-electron chi connectivity index (χ3n) is 0.766. The van der Waals surface area contributed by atoms with Gasteiger partial charge in [0, 0.05) is 5.57 Å². The predicted octanol–water partition coefficient (Wildman–Crippen LogP) is 1.05. The molecule has 0 bridgehead atoms. The van der Waals surface area contributed by atoms with Gasteiger partial charge in [0.25, 0.3) is 5.91 Å². The van der Waals surface area contributed by atoms with E-state index in [1.807, 2.05) is 0 Å². The zero-order valence-corrected chi connectivity index (χ0v) is 4.16. The van der Waals surface area contributed by atoms with Crippen molar-refractivity contribution in [1.82, 2.24) is 0 Å². The smallest absolute Gasteiger partial charge is 0.265 e. The first kappa shape index (κ1) is 4.90. The van der Waals surface area contributed by atoms with Gasteiger partial charge in [0.2, 0.25) is 0 Å². The Morgan fingerprint density at radius 3 is 2.75 bits per heavy atom. The van der Waals surface area contributed by atoms with Gasteiger partial charge in [0.1, 0.15) is 0 Å². The van der Waals surface area contributed by atoms with Crippen molar-refractivity contribution in [3.8, 4) is 0 Å². The molecule has 1 aliphatic heterocycles. The maximum atomic E-state index is 10.4. The van der Waals surface area contributed by atoms with Gasteiger partial charge in [0.15, 0.2) is 0 Å². The van der Waals surface area contributed by atoms with Crippen LogP contribution in [0.5, 0.6) is 0 Å². The SMILES string of the molecule is C=C1C=CN=NC1=O. The highest BCUT2D eigenvalue weighted by Gasteiger charge is 2.02. The van der Waals surface area contributed by atoms with Crippen molar-refractivity contribution < 1.29 is 4.79 Å². The molecule has 1 rings (SSSR count). The summed E-state index contributed by atoms with van der Waals surface area (Å²) in [6.07, 6.45) is 2.96. The van der Waals surface area contributed by atoms with E-state index in [2.05, 4.69) is 16.8 Å². The molecular weight excluding hydrogens is 104 g/mol. The summed E-state index contributed by atoms with van der Waals surface area (Å²) in [5, 5.41) is 6.55. The maximum absolute atomic E-state index is 10.4. The number of rotatable bonds is 0. The molecule has 40 valence electrons. The van der Waals surface area contributed by atoms with Crippen molar-refractivity contribution in [3.05, 3.63) is 24.4 Å². The molecule has 0 saturated heterocycles. The topological polar surface area (TPSA) is 41.8 Å². The molecule has 3 heteroatoms. The van der Waals surface area contributed by atoms with Crippen LogP contribution < -0.4 is 0 Å². The van der Waals surface area contributed by atoms with Crippen molar-refractivity contribution >= 4 is 5.91 Å².